The summed E-state index contributed by atoms with van der Waals surface area (Å²) in [4.78, 5) is 10.3. The summed E-state index contributed by atoms with van der Waals surface area (Å²) < 4.78 is 26.2. The van der Waals surface area contributed by atoms with Crippen LogP contribution >= 0.6 is 11.6 Å². The number of halogens is 3. The molecule has 0 bridgehead atoms. The van der Waals surface area contributed by atoms with Crippen molar-refractivity contribution in [3.05, 3.63) is 68.7 Å². The molecule has 1 N–H and O–H groups in total. The van der Waals surface area contributed by atoms with Gasteiger partial charge >= 0.3 is 0 Å². The number of benzene rings is 2. The van der Waals surface area contributed by atoms with Crippen LogP contribution in [0.3, 0.4) is 0 Å². The van der Waals surface area contributed by atoms with Gasteiger partial charge in [0.15, 0.2) is 0 Å². The van der Waals surface area contributed by atoms with Gasteiger partial charge in [-0.15, -0.1) is 0 Å². The number of hydrogen-bond acceptors (Lipinski definition) is 3. The second kappa shape index (κ2) is 5.83. The monoisotopic (exact) mass is 298 g/mol. The molecule has 2 rings (SSSR count). The summed E-state index contributed by atoms with van der Waals surface area (Å²) in [5, 5.41) is 13.8. The summed E-state index contributed by atoms with van der Waals surface area (Å²) in [6.45, 7) is -0.00537. The molecule has 0 aromatic heterocycles. The minimum Gasteiger partial charge on any atom is -0.375 e. The highest BCUT2D eigenvalue weighted by Gasteiger charge is 2.14. The Hall–Kier alpha value is -2.21. The molecule has 2 aromatic rings. The molecule has 0 unspecified atom stereocenters. The molecule has 0 atom stereocenters. The molecule has 20 heavy (non-hydrogen) atoms. The molecule has 0 amide bonds. The van der Waals surface area contributed by atoms with Crippen molar-refractivity contribution in [2.75, 3.05) is 5.32 Å². The SMILES string of the molecule is O=[N+]([O-])c1cc(Cl)ccc1NCc1ccc(F)cc1F. The van der Waals surface area contributed by atoms with Gasteiger partial charge in [-0.25, -0.2) is 8.78 Å². The van der Waals surface area contributed by atoms with E-state index < -0.39 is 16.6 Å². The predicted molar refractivity (Wildman–Crippen MR) is 71.8 cm³/mol. The lowest BCUT2D eigenvalue weighted by Crippen LogP contribution is -2.04. The first-order chi connectivity index (χ1) is 9.47. The van der Waals surface area contributed by atoms with Crippen molar-refractivity contribution in [3.63, 3.8) is 0 Å². The van der Waals surface area contributed by atoms with Gasteiger partial charge < -0.3 is 5.32 Å². The summed E-state index contributed by atoms with van der Waals surface area (Å²) in [5.74, 6) is -1.39. The number of nitro groups is 1. The van der Waals surface area contributed by atoms with Crippen molar-refractivity contribution in [2.24, 2.45) is 0 Å². The fourth-order valence-electron chi connectivity index (χ4n) is 1.66. The standard InChI is InChI=1S/C13H9ClF2N2O2/c14-9-2-4-12(13(5-9)18(19)20)17-7-8-1-3-10(15)6-11(8)16/h1-6,17H,7H2. The van der Waals surface area contributed by atoms with Gasteiger partial charge in [-0.05, 0) is 18.2 Å². The molecule has 2 aromatic carbocycles. The van der Waals surface area contributed by atoms with Gasteiger partial charge in [-0.2, -0.15) is 0 Å². The molecule has 4 nitrogen and oxygen atoms in total. The average molecular weight is 299 g/mol. The van der Waals surface area contributed by atoms with Gasteiger partial charge in [0.05, 0.1) is 4.92 Å². The highest BCUT2D eigenvalue weighted by molar-refractivity contribution is 6.30. The maximum Gasteiger partial charge on any atom is 0.293 e. The third kappa shape index (κ3) is 3.21. The van der Waals surface area contributed by atoms with E-state index in [-0.39, 0.29) is 28.5 Å². The van der Waals surface area contributed by atoms with Crippen LogP contribution in [0.4, 0.5) is 20.2 Å². The lowest BCUT2D eigenvalue weighted by atomic mass is 10.2. The van der Waals surface area contributed by atoms with Gasteiger partial charge in [0.1, 0.15) is 17.3 Å². The molecule has 104 valence electrons. The molecule has 0 spiro atoms. The van der Waals surface area contributed by atoms with Gasteiger partial charge in [-0.3, -0.25) is 10.1 Å². The first-order valence-electron chi connectivity index (χ1n) is 5.59. The minimum absolute atomic E-state index is 0.00537. The Morgan fingerprint density at radius 1 is 1.20 bits per heavy atom. The van der Waals surface area contributed by atoms with Crippen LogP contribution in [0.5, 0.6) is 0 Å². The van der Waals surface area contributed by atoms with E-state index in [0.29, 0.717) is 0 Å². The summed E-state index contributed by atoms with van der Waals surface area (Å²) >= 11 is 5.69. The van der Waals surface area contributed by atoms with Crippen LogP contribution in [0.2, 0.25) is 5.02 Å². The van der Waals surface area contributed by atoms with E-state index in [0.717, 1.165) is 12.1 Å². The van der Waals surface area contributed by atoms with Crippen LogP contribution in [0.15, 0.2) is 36.4 Å². The fraction of sp³-hybridized carbons (Fsp3) is 0.0769. The number of rotatable bonds is 4. The van der Waals surface area contributed by atoms with Crippen molar-refractivity contribution in [3.8, 4) is 0 Å². The summed E-state index contributed by atoms with van der Waals surface area (Å²) in [6, 6.07) is 7.27. The van der Waals surface area contributed by atoms with E-state index >= 15 is 0 Å². The van der Waals surface area contributed by atoms with E-state index in [9.17, 15) is 18.9 Å². The smallest absolute Gasteiger partial charge is 0.293 e. The molecule has 0 heterocycles. The lowest BCUT2D eigenvalue weighted by molar-refractivity contribution is -0.383. The minimum atomic E-state index is -0.714. The molecular formula is C13H9ClF2N2O2. The Morgan fingerprint density at radius 3 is 2.60 bits per heavy atom. The van der Waals surface area contributed by atoms with Crippen LogP contribution < -0.4 is 5.32 Å². The van der Waals surface area contributed by atoms with Crippen molar-refractivity contribution < 1.29 is 13.7 Å². The van der Waals surface area contributed by atoms with Gasteiger partial charge in [0.25, 0.3) is 5.69 Å². The van der Waals surface area contributed by atoms with Crippen molar-refractivity contribution >= 4 is 23.0 Å². The van der Waals surface area contributed by atoms with Gasteiger partial charge in [0, 0.05) is 29.3 Å². The molecule has 0 fully saturated rings. The molecule has 0 aliphatic rings. The second-order valence-corrected chi connectivity index (χ2v) is 4.44. The molecule has 0 aliphatic carbocycles. The molecule has 0 aliphatic heterocycles. The van der Waals surface area contributed by atoms with Crippen LogP contribution in [-0.2, 0) is 6.54 Å². The van der Waals surface area contributed by atoms with Crippen LogP contribution in [0.1, 0.15) is 5.56 Å². The quantitative estimate of drug-likeness (QED) is 0.682. The first kappa shape index (κ1) is 14.2. The Kier molecular flexibility index (Phi) is 4.14. The zero-order chi connectivity index (χ0) is 14.7. The third-order valence-corrected chi connectivity index (χ3v) is 2.88. The largest absolute Gasteiger partial charge is 0.375 e. The lowest BCUT2D eigenvalue weighted by Gasteiger charge is -2.08. The van der Waals surface area contributed by atoms with Crippen LogP contribution in [0, 0.1) is 21.7 Å². The highest BCUT2D eigenvalue weighted by Crippen LogP contribution is 2.28. The Morgan fingerprint density at radius 2 is 1.95 bits per heavy atom. The summed E-state index contributed by atoms with van der Waals surface area (Å²) in [7, 11) is 0. The maximum atomic E-state index is 13.4. The Labute approximate surface area is 118 Å². The van der Waals surface area contributed by atoms with Crippen molar-refractivity contribution in [1.29, 1.82) is 0 Å². The van der Waals surface area contributed by atoms with Gasteiger partial charge in [0.2, 0.25) is 0 Å². The average Bonchev–Trinajstić information content (AvgIpc) is 2.38. The molecule has 7 heteroatoms. The molecular weight excluding hydrogens is 290 g/mol. The molecule has 0 saturated heterocycles. The summed E-state index contributed by atoms with van der Waals surface area (Å²) in [5.41, 5.74) is 0.207. The van der Waals surface area contributed by atoms with Crippen molar-refractivity contribution in [2.45, 2.75) is 6.54 Å². The van der Waals surface area contributed by atoms with E-state index in [2.05, 4.69) is 5.32 Å². The fourth-order valence-corrected chi connectivity index (χ4v) is 1.83. The Bertz CT molecular complexity index is 665. The summed E-state index contributed by atoms with van der Waals surface area (Å²) in [6.07, 6.45) is 0. The van der Waals surface area contributed by atoms with E-state index in [1.54, 1.807) is 0 Å². The van der Waals surface area contributed by atoms with Crippen LogP contribution in [0.25, 0.3) is 0 Å². The number of hydrogen-bond donors (Lipinski definition) is 1. The third-order valence-electron chi connectivity index (χ3n) is 2.64. The number of nitro benzene ring substituents is 1. The van der Waals surface area contributed by atoms with Crippen molar-refractivity contribution in [1.82, 2.24) is 0 Å². The second-order valence-electron chi connectivity index (χ2n) is 4.01. The van der Waals surface area contributed by atoms with Crippen LogP contribution in [-0.4, -0.2) is 4.92 Å². The number of nitrogens with one attached hydrogen (secondary N) is 1. The number of nitrogens with zero attached hydrogens (tertiary/aromatic N) is 1. The first-order valence-corrected chi connectivity index (χ1v) is 5.97. The molecule has 0 radical (unpaired) electrons. The zero-order valence-corrected chi connectivity index (χ0v) is 10.8. The predicted octanol–water partition coefficient (Wildman–Crippen LogP) is 4.14. The zero-order valence-electron chi connectivity index (χ0n) is 10.1. The van der Waals surface area contributed by atoms with E-state index in [4.69, 9.17) is 11.6 Å². The molecule has 0 saturated carbocycles. The normalized spacial score (nSPS) is 10.3. The Balaban J connectivity index is 2.20. The number of anilines is 1. The van der Waals surface area contributed by atoms with Gasteiger partial charge in [-0.1, -0.05) is 17.7 Å². The highest BCUT2D eigenvalue weighted by atomic mass is 35.5. The maximum absolute atomic E-state index is 13.4. The topological polar surface area (TPSA) is 55.2 Å². The van der Waals surface area contributed by atoms with E-state index in [1.165, 1.54) is 24.3 Å². The van der Waals surface area contributed by atoms with E-state index in [1.807, 2.05) is 0 Å².